The lowest BCUT2D eigenvalue weighted by atomic mass is 10.2. The van der Waals surface area contributed by atoms with Crippen LogP contribution in [0.1, 0.15) is 24.7 Å². The molecule has 0 amide bonds. The van der Waals surface area contributed by atoms with E-state index in [2.05, 4.69) is 27.3 Å². The van der Waals surface area contributed by atoms with Crippen molar-refractivity contribution >= 4 is 0 Å². The van der Waals surface area contributed by atoms with Gasteiger partial charge in [0.2, 0.25) is 0 Å². The van der Waals surface area contributed by atoms with Crippen LogP contribution in [-0.4, -0.2) is 26.3 Å². The van der Waals surface area contributed by atoms with Crippen molar-refractivity contribution in [1.82, 2.24) is 25.1 Å². The molecular formula is C13H19N5. The van der Waals surface area contributed by atoms with E-state index >= 15 is 0 Å². The Labute approximate surface area is 107 Å². The van der Waals surface area contributed by atoms with Gasteiger partial charge in [-0.15, -0.1) is 0 Å². The van der Waals surface area contributed by atoms with Crippen LogP contribution in [-0.2, 0) is 19.5 Å². The van der Waals surface area contributed by atoms with Gasteiger partial charge in [0.25, 0.3) is 0 Å². The van der Waals surface area contributed by atoms with Gasteiger partial charge in [-0.1, -0.05) is 6.92 Å². The fraction of sp³-hybridized carbons (Fsp3) is 0.462. The zero-order chi connectivity index (χ0) is 12.6. The standard InChI is InChI=1S/C13H19N5/c1-2-9-18-13(16-11-17-18)10-15-8-5-12-3-6-14-7-4-12/h3-4,6-7,11,15H,2,5,8-10H2,1H3. The Morgan fingerprint density at radius 1 is 1.28 bits per heavy atom. The minimum absolute atomic E-state index is 0.769. The van der Waals surface area contributed by atoms with Gasteiger partial charge in [0.05, 0.1) is 6.54 Å². The van der Waals surface area contributed by atoms with Crippen molar-refractivity contribution in [2.45, 2.75) is 32.9 Å². The average molecular weight is 245 g/mol. The van der Waals surface area contributed by atoms with Gasteiger partial charge >= 0.3 is 0 Å². The number of hydrogen-bond acceptors (Lipinski definition) is 4. The lowest BCUT2D eigenvalue weighted by molar-refractivity contribution is 0.543. The van der Waals surface area contributed by atoms with Crippen molar-refractivity contribution in [3.63, 3.8) is 0 Å². The van der Waals surface area contributed by atoms with Crippen molar-refractivity contribution in [3.8, 4) is 0 Å². The Hall–Kier alpha value is -1.75. The number of rotatable bonds is 7. The summed E-state index contributed by atoms with van der Waals surface area (Å²) in [6.07, 6.45) is 7.35. The molecule has 18 heavy (non-hydrogen) atoms. The lowest BCUT2D eigenvalue weighted by Gasteiger charge is -2.06. The molecule has 0 aromatic carbocycles. The Kier molecular flexibility index (Phi) is 4.84. The molecule has 2 rings (SSSR count). The normalized spacial score (nSPS) is 10.7. The lowest BCUT2D eigenvalue weighted by Crippen LogP contribution is -2.20. The number of nitrogens with one attached hydrogen (secondary N) is 1. The largest absolute Gasteiger partial charge is 0.310 e. The second kappa shape index (κ2) is 6.86. The van der Waals surface area contributed by atoms with Gasteiger partial charge in [0.1, 0.15) is 12.2 Å². The molecule has 96 valence electrons. The molecule has 0 fully saturated rings. The fourth-order valence-electron chi connectivity index (χ4n) is 1.81. The Morgan fingerprint density at radius 3 is 2.89 bits per heavy atom. The zero-order valence-corrected chi connectivity index (χ0v) is 10.7. The maximum atomic E-state index is 4.26. The van der Waals surface area contributed by atoms with Crippen LogP contribution in [0.5, 0.6) is 0 Å². The molecule has 0 spiro atoms. The molecule has 1 N–H and O–H groups in total. The topological polar surface area (TPSA) is 55.6 Å². The van der Waals surface area contributed by atoms with Gasteiger partial charge < -0.3 is 5.32 Å². The van der Waals surface area contributed by atoms with Gasteiger partial charge in [0, 0.05) is 18.9 Å². The first-order chi connectivity index (χ1) is 8.90. The van der Waals surface area contributed by atoms with Gasteiger partial charge in [-0.05, 0) is 37.1 Å². The molecule has 0 aliphatic heterocycles. The predicted molar refractivity (Wildman–Crippen MR) is 70.0 cm³/mol. The third kappa shape index (κ3) is 3.63. The van der Waals surface area contributed by atoms with Crippen LogP contribution in [0.15, 0.2) is 30.9 Å². The minimum Gasteiger partial charge on any atom is -0.310 e. The molecular weight excluding hydrogens is 226 g/mol. The molecule has 0 saturated heterocycles. The Balaban J connectivity index is 1.73. The van der Waals surface area contributed by atoms with Crippen LogP contribution < -0.4 is 5.32 Å². The summed E-state index contributed by atoms with van der Waals surface area (Å²) in [6.45, 7) is 4.78. The molecule has 2 aromatic heterocycles. The number of aromatic nitrogens is 4. The molecule has 5 nitrogen and oxygen atoms in total. The van der Waals surface area contributed by atoms with Crippen molar-refractivity contribution in [2.75, 3.05) is 6.54 Å². The van der Waals surface area contributed by atoms with Gasteiger partial charge in [-0.3, -0.25) is 4.98 Å². The molecule has 0 radical (unpaired) electrons. The predicted octanol–water partition coefficient (Wildman–Crippen LogP) is 1.42. The fourth-order valence-corrected chi connectivity index (χ4v) is 1.81. The van der Waals surface area contributed by atoms with E-state index in [-0.39, 0.29) is 0 Å². The van der Waals surface area contributed by atoms with E-state index in [0.29, 0.717) is 0 Å². The van der Waals surface area contributed by atoms with Gasteiger partial charge in [0.15, 0.2) is 0 Å². The van der Waals surface area contributed by atoms with Crippen LogP contribution in [0, 0.1) is 0 Å². The van der Waals surface area contributed by atoms with Crippen molar-refractivity contribution in [2.24, 2.45) is 0 Å². The second-order valence-electron chi connectivity index (χ2n) is 4.18. The average Bonchev–Trinajstić information content (AvgIpc) is 2.84. The second-order valence-corrected chi connectivity index (χ2v) is 4.18. The van der Waals surface area contributed by atoms with Crippen LogP contribution in [0.25, 0.3) is 0 Å². The Bertz CT molecular complexity index is 451. The maximum Gasteiger partial charge on any atom is 0.140 e. The quantitative estimate of drug-likeness (QED) is 0.749. The third-order valence-electron chi connectivity index (χ3n) is 2.75. The highest BCUT2D eigenvalue weighted by molar-refractivity contribution is 5.09. The van der Waals surface area contributed by atoms with Crippen LogP contribution in [0.4, 0.5) is 0 Å². The summed E-state index contributed by atoms with van der Waals surface area (Å²) < 4.78 is 1.96. The molecule has 0 bridgehead atoms. The highest BCUT2D eigenvalue weighted by Gasteiger charge is 2.02. The smallest absolute Gasteiger partial charge is 0.140 e. The van der Waals surface area contributed by atoms with E-state index in [1.165, 1.54) is 5.56 Å². The number of hydrogen-bond donors (Lipinski definition) is 1. The summed E-state index contributed by atoms with van der Waals surface area (Å²) in [5, 5.41) is 7.59. The monoisotopic (exact) mass is 245 g/mol. The van der Waals surface area contributed by atoms with Gasteiger partial charge in [-0.25, -0.2) is 9.67 Å². The minimum atomic E-state index is 0.769. The zero-order valence-electron chi connectivity index (χ0n) is 10.7. The maximum absolute atomic E-state index is 4.26. The summed E-state index contributed by atoms with van der Waals surface area (Å²) >= 11 is 0. The van der Waals surface area contributed by atoms with E-state index in [4.69, 9.17) is 0 Å². The highest BCUT2D eigenvalue weighted by atomic mass is 15.3. The number of aryl methyl sites for hydroxylation is 1. The van der Waals surface area contributed by atoms with E-state index in [0.717, 1.165) is 38.3 Å². The van der Waals surface area contributed by atoms with Crippen molar-refractivity contribution < 1.29 is 0 Å². The Morgan fingerprint density at radius 2 is 2.11 bits per heavy atom. The summed E-state index contributed by atoms with van der Waals surface area (Å²) in [4.78, 5) is 8.26. The first-order valence-electron chi connectivity index (χ1n) is 6.36. The summed E-state index contributed by atoms with van der Waals surface area (Å²) in [6, 6.07) is 4.09. The molecule has 0 aliphatic carbocycles. The van der Waals surface area contributed by atoms with E-state index in [1.54, 1.807) is 6.33 Å². The van der Waals surface area contributed by atoms with Crippen LogP contribution >= 0.6 is 0 Å². The van der Waals surface area contributed by atoms with Gasteiger partial charge in [-0.2, -0.15) is 5.10 Å². The first-order valence-corrected chi connectivity index (χ1v) is 6.36. The third-order valence-corrected chi connectivity index (χ3v) is 2.75. The van der Waals surface area contributed by atoms with Crippen molar-refractivity contribution in [1.29, 1.82) is 0 Å². The van der Waals surface area contributed by atoms with E-state index in [9.17, 15) is 0 Å². The molecule has 0 atom stereocenters. The molecule has 0 saturated carbocycles. The first kappa shape index (κ1) is 12.7. The molecule has 2 heterocycles. The summed E-state index contributed by atoms with van der Waals surface area (Å²) in [5.41, 5.74) is 1.30. The van der Waals surface area contributed by atoms with Crippen molar-refractivity contribution in [3.05, 3.63) is 42.2 Å². The molecule has 2 aromatic rings. The number of nitrogens with zero attached hydrogens (tertiary/aromatic N) is 4. The summed E-state index contributed by atoms with van der Waals surface area (Å²) in [5.74, 6) is 1.01. The van der Waals surface area contributed by atoms with Crippen LogP contribution in [0.3, 0.4) is 0 Å². The van der Waals surface area contributed by atoms with Crippen LogP contribution in [0.2, 0.25) is 0 Å². The molecule has 5 heteroatoms. The SMILES string of the molecule is CCCn1ncnc1CNCCc1ccncc1. The van der Waals surface area contributed by atoms with E-state index in [1.807, 2.05) is 29.2 Å². The summed E-state index contributed by atoms with van der Waals surface area (Å²) in [7, 11) is 0. The van der Waals surface area contributed by atoms with E-state index < -0.39 is 0 Å². The highest BCUT2D eigenvalue weighted by Crippen LogP contribution is 1.98. The number of pyridine rings is 1. The molecule has 0 unspecified atom stereocenters. The molecule has 0 aliphatic rings.